The van der Waals surface area contributed by atoms with Gasteiger partial charge in [0.15, 0.2) is 5.69 Å². The van der Waals surface area contributed by atoms with Crippen molar-refractivity contribution in [1.29, 1.82) is 0 Å². The maximum absolute atomic E-state index is 13.4. The molecule has 0 spiro atoms. The van der Waals surface area contributed by atoms with Crippen LogP contribution in [0.15, 0.2) is 29.5 Å². The van der Waals surface area contributed by atoms with Crippen LogP contribution in [0.1, 0.15) is 5.69 Å². The molecule has 0 aliphatic heterocycles. The number of hydrogen-bond acceptors (Lipinski definition) is 5. The lowest BCUT2D eigenvalue weighted by Crippen LogP contribution is -2.40. The fourth-order valence-corrected chi connectivity index (χ4v) is 2.35. The molecule has 0 aromatic carbocycles. The summed E-state index contributed by atoms with van der Waals surface area (Å²) in [5.74, 6) is -6.73. The van der Waals surface area contributed by atoms with Gasteiger partial charge < -0.3 is 5.11 Å². The van der Waals surface area contributed by atoms with Gasteiger partial charge in [0, 0.05) is 24.0 Å². The molecule has 15 heteroatoms. The Kier molecular flexibility index (Phi) is 4.51. The predicted octanol–water partition coefficient (Wildman–Crippen LogP) is 2.88. The fourth-order valence-electron chi connectivity index (χ4n) is 2.35. The number of nitrogens with zero attached hydrogens (tertiary/aromatic N) is 5. The first kappa shape index (κ1) is 20.5. The third-order valence-corrected chi connectivity index (χ3v) is 3.65. The first-order valence-electron chi connectivity index (χ1n) is 7.37. The molecule has 0 aliphatic rings. The first-order valence-corrected chi connectivity index (χ1v) is 7.37. The van der Waals surface area contributed by atoms with Crippen molar-refractivity contribution in [2.24, 2.45) is 0 Å². The van der Waals surface area contributed by atoms with E-state index in [1.54, 1.807) is 0 Å². The Morgan fingerprint density at radius 3 is 2.28 bits per heavy atom. The number of alkyl halides is 8. The maximum Gasteiger partial charge on any atom is 0.455 e. The molecular weight excluding hydrogens is 422 g/mol. The molecule has 3 rings (SSSR count). The summed E-state index contributed by atoms with van der Waals surface area (Å²) in [6.07, 6.45) is -9.30. The van der Waals surface area contributed by atoms with Crippen molar-refractivity contribution in [3.63, 3.8) is 0 Å². The topological polar surface area (TPSA) is 85.3 Å². The second-order valence-corrected chi connectivity index (χ2v) is 5.72. The molecule has 0 saturated heterocycles. The van der Waals surface area contributed by atoms with Gasteiger partial charge in [-0.1, -0.05) is 0 Å². The van der Waals surface area contributed by atoms with Crippen LogP contribution < -0.4 is 5.56 Å². The van der Waals surface area contributed by atoms with Gasteiger partial charge in [0.25, 0.3) is 5.56 Å². The van der Waals surface area contributed by atoms with Gasteiger partial charge in [-0.2, -0.15) is 45.2 Å². The van der Waals surface area contributed by atoms with Crippen molar-refractivity contribution < 1.29 is 40.2 Å². The molecule has 3 aromatic heterocycles. The highest BCUT2D eigenvalue weighted by Gasteiger charge is 2.57. The van der Waals surface area contributed by atoms with Crippen LogP contribution in [0.5, 0.6) is 5.88 Å². The maximum atomic E-state index is 13.4. The lowest BCUT2D eigenvalue weighted by atomic mass is 10.1. The van der Waals surface area contributed by atoms with E-state index >= 15 is 0 Å². The summed E-state index contributed by atoms with van der Waals surface area (Å²) < 4.78 is 104. The van der Waals surface area contributed by atoms with E-state index in [0.717, 1.165) is 12.3 Å². The van der Waals surface area contributed by atoms with Crippen LogP contribution in [-0.4, -0.2) is 41.4 Å². The summed E-state index contributed by atoms with van der Waals surface area (Å²) >= 11 is 0. The largest absolute Gasteiger partial charge is 0.493 e. The van der Waals surface area contributed by atoms with E-state index in [4.69, 9.17) is 0 Å². The van der Waals surface area contributed by atoms with Crippen LogP contribution in [0, 0.1) is 0 Å². The van der Waals surface area contributed by atoms with Crippen molar-refractivity contribution in [2.75, 3.05) is 0 Å². The normalized spacial score (nSPS) is 13.2. The summed E-state index contributed by atoms with van der Waals surface area (Å²) in [7, 11) is 0. The summed E-state index contributed by atoms with van der Waals surface area (Å²) in [6, 6.07) is 0.875. The van der Waals surface area contributed by atoms with Gasteiger partial charge in [-0.3, -0.25) is 13.9 Å². The highest BCUT2D eigenvalue weighted by molar-refractivity contribution is 5.65. The molecule has 0 amide bonds. The Morgan fingerprint density at radius 1 is 1.03 bits per heavy atom. The van der Waals surface area contributed by atoms with Gasteiger partial charge >= 0.3 is 18.3 Å². The second kappa shape index (κ2) is 6.38. The molecule has 0 radical (unpaired) electrons. The monoisotopic (exact) mass is 429 g/mol. The summed E-state index contributed by atoms with van der Waals surface area (Å²) in [4.78, 5) is 19.0. The number of rotatable bonds is 3. The summed E-state index contributed by atoms with van der Waals surface area (Å²) in [5.41, 5.74) is -4.95. The second-order valence-electron chi connectivity index (χ2n) is 5.72. The number of halogens is 8. The third kappa shape index (κ3) is 3.71. The average molecular weight is 429 g/mol. The molecule has 156 valence electrons. The molecular formula is C14H7F8N5O2. The van der Waals surface area contributed by atoms with E-state index < -0.39 is 58.9 Å². The van der Waals surface area contributed by atoms with Crippen LogP contribution in [0.4, 0.5) is 35.1 Å². The van der Waals surface area contributed by atoms with E-state index in [9.17, 15) is 45.0 Å². The van der Waals surface area contributed by atoms with Crippen LogP contribution in [0.25, 0.3) is 16.9 Å². The molecule has 3 aromatic rings. The molecule has 0 atom stereocenters. The minimum absolute atomic E-state index is 0.0619. The number of fused-ring (bicyclic) bond motifs is 1. The molecule has 7 nitrogen and oxygen atoms in total. The molecule has 0 saturated carbocycles. The summed E-state index contributed by atoms with van der Waals surface area (Å²) in [6.45, 7) is -2.00. The van der Waals surface area contributed by atoms with Crippen molar-refractivity contribution in [1.82, 2.24) is 24.1 Å². The predicted molar refractivity (Wildman–Crippen MR) is 78.1 cm³/mol. The molecule has 0 unspecified atom stereocenters. The third-order valence-electron chi connectivity index (χ3n) is 3.65. The molecule has 0 bridgehead atoms. The Hall–Kier alpha value is -3.26. The minimum atomic E-state index is -5.91. The Bertz CT molecular complexity index is 1130. The fraction of sp³-hybridized carbons (Fsp3) is 0.286. The number of aromatic hydroxyl groups is 1. The van der Waals surface area contributed by atoms with Crippen LogP contribution in [-0.2, 0) is 12.7 Å². The van der Waals surface area contributed by atoms with Gasteiger partial charge in [-0.05, 0) is 0 Å². The van der Waals surface area contributed by atoms with E-state index in [0.29, 0.717) is 16.8 Å². The average Bonchev–Trinajstić information content (AvgIpc) is 2.99. The van der Waals surface area contributed by atoms with Crippen LogP contribution in [0.2, 0.25) is 0 Å². The van der Waals surface area contributed by atoms with E-state index in [1.165, 1.54) is 0 Å². The van der Waals surface area contributed by atoms with Crippen molar-refractivity contribution >= 4 is 5.78 Å². The van der Waals surface area contributed by atoms with Gasteiger partial charge in [0.1, 0.15) is 6.54 Å². The van der Waals surface area contributed by atoms with E-state index in [2.05, 4.69) is 15.1 Å². The number of aromatic nitrogens is 5. The van der Waals surface area contributed by atoms with Crippen molar-refractivity contribution in [3.8, 4) is 17.0 Å². The van der Waals surface area contributed by atoms with Gasteiger partial charge in [-0.15, -0.1) is 0 Å². The molecule has 29 heavy (non-hydrogen) atoms. The molecule has 1 N–H and O–H groups in total. The standard InChI is InChI=1S/C14H7F8N5O2/c15-12(16,14(20,21)22)5-26-4-6(3-23-26)8-9(13(17,18)19)25-11-24-7(28)1-2-27(11)10(8)29/h1-4H,5H2,(H,24,25,28). The molecule has 0 aliphatic carbocycles. The zero-order valence-corrected chi connectivity index (χ0v) is 13.6. The zero-order chi connectivity index (χ0) is 21.8. The quantitative estimate of drug-likeness (QED) is 0.648. The highest BCUT2D eigenvalue weighted by atomic mass is 19.4. The van der Waals surface area contributed by atoms with E-state index in [1.807, 2.05) is 0 Å². The highest BCUT2D eigenvalue weighted by Crippen LogP contribution is 2.37. The SMILES string of the molecule is O=c1c(-c2cnn(CC(F)(F)C(F)(F)F)c2)c(C(F)(F)F)nc2nc(O)ccn12. The van der Waals surface area contributed by atoms with Crippen molar-refractivity contribution in [3.05, 3.63) is 40.7 Å². The van der Waals surface area contributed by atoms with Gasteiger partial charge in [0.2, 0.25) is 11.7 Å². The van der Waals surface area contributed by atoms with Crippen LogP contribution >= 0.6 is 0 Å². The first-order chi connectivity index (χ1) is 13.2. The molecule has 0 fully saturated rings. The number of hydrogen-bond donors (Lipinski definition) is 1. The minimum Gasteiger partial charge on any atom is -0.493 e. The van der Waals surface area contributed by atoms with Crippen molar-refractivity contribution in [2.45, 2.75) is 24.8 Å². The van der Waals surface area contributed by atoms with Crippen LogP contribution in [0.3, 0.4) is 0 Å². The lowest BCUT2D eigenvalue weighted by molar-refractivity contribution is -0.287. The lowest BCUT2D eigenvalue weighted by Gasteiger charge is -2.19. The Morgan fingerprint density at radius 2 is 1.69 bits per heavy atom. The smallest absolute Gasteiger partial charge is 0.455 e. The van der Waals surface area contributed by atoms with Gasteiger partial charge in [0.05, 0.1) is 11.8 Å². The summed E-state index contributed by atoms with van der Waals surface area (Å²) in [5, 5.41) is 12.4. The Balaban J connectivity index is 2.18. The van der Waals surface area contributed by atoms with E-state index in [-0.39, 0.29) is 4.68 Å². The molecule has 3 heterocycles. The Labute approximate surface area is 153 Å². The van der Waals surface area contributed by atoms with Gasteiger partial charge in [-0.25, -0.2) is 4.98 Å². The zero-order valence-electron chi connectivity index (χ0n) is 13.6.